The van der Waals surface area contributed by atoms with E-state index in [2.05, 4.69) is 5.32 Å². The van der Waals surface area contributed by atoms with Gasteiger partial charge in [0.2, 0.25) is 10.3 Å². The Balaban J connectivity index is 1.94. The number of amides is 2. The molecular weight excluding hydrogens is 617 g/mol. The van der Waals surface area contributed by atoms with Gasteiger partial charge < -0.3 is 19.5 Å². The van der Waals surface area contributed by atoms with E-state index in [1.54, 1.807) is 30.3 Å². The SMILES string of the molecule is CC(=O)OCC1=C(C(=O)OCC(Cl)(Cl)Cl)N2C(=O)C(NC(=O)C(C)Oc3ccccc3)[C@@H]2S(=O)C1CC[N+](=O)[O-]. The lowest BCUT2D eigenvalue weighted by atomic mass is 9.99. The van der Waals surface area contributed by atoms with Crippen LogP contribution in [0.2, 0.25) is 0 Å². The predicted octanol–water partition coefficient (Wildman–Crippen LogP) is 1.64. The standard InChI is InChI=1S/C23H24Cl3N3O10S/c1-12(39-14-6-4-3-5-7-14)19(31)27-17-20(32)29-18(22(33)38-11-23(24,25)26)15(10-37-13(2)30)16(8-9-28(34)35)40(36)21(17)29/h3-7,12,16-17,21H,8-11H2,1-2H3,(H,27,31)/t12?,16?,17?,21-,40?/m0/s1. The number of nitrogens with one attached hydrogen (secondary N) is 1. The summed E-state index contributed by atoms with van der Waals surface area (Å²) in [6.45, 7) is 0.518. The van der Waals surface area contributed by atoms with Crippen molar-refractivity contribution in [3.63, 3.8) is 0 Å². The molecule has 1 aromatic rings. The fraction of sp³-hybridized carbons (Fsp3) is 0.478. The van der Waals surface area contributed by atoms with E-state index in [4.69, 9.17) is 49.0 Å². The predicted molar refractivity (Wildman–Crippen MR) is 142 cm³/mol. The Kier molecular flexibility index (Phi) is 10.4. The number of carbonyl (C=O) groups excluding carboxylic acids is 4. The molecule has 1 saturated heterocycles. The van der Waals surface area contributed by atoms with E-state index in [1.807, 2.05) is 0 Å². The Morgan fingerprint density at radius 3 is 2.42 bits per heavy atom. The van der Waals surface area contributed by atoms with Gasteiger partial charge in [-0.1, -0.05) is 53.0 Å². The van der Waals surface area contributed by atoms with Crippen LogP contribution in [0.15, 0.2) is 41.6 Å². The zero-order valence-electron chi connectivity index (χ0n) is 21.0. The van der Waals surface area contributed by atoms with Gasteiger partial charge in [-0.2, -0.15) is 0 Å². The van der Waals surface area contributed by atoms with Gasteiger partial charge in [0.05, 0.1) is 16.0 Å². The van der Waals surface area contributed by atoms with Crippen molar-refractivity contribution >= 4 is 69.4 Å². The number of ether oxygens (including phenoxy) is 3. The van der Waals surface area contributed by atoms with Crippen molar-refractivity contribution in [3.8, 4) is 5.75 Å². The average Bonchev–Trinajstić information content (AvgIpc) is 2.87. The fourth-order valence-electron chi connectivity index (χ4n) is 4.01. The van der Waals surface area contributed by atoms with Gasteiger partial charge in [-0.3, -0.25) is 33.6 Å². The molecule has 2 aliphatic heterocycles. The molecule has 1 aromatic carbocycles. The molecule has 3 rings (SSSR count). The number of carbonyl (C=O) groups is 4. The Labute approximate surface area is 245 Å². The minimum atomic E-state index is -2.09. The molecule has 1 N–H and O–H groups in total. The summed E-state index contributed by atoms with van der Waals surface area (Å²) in [5, 5.41) is 11.1. The highest BCUT2D eigenvalue weighted by atomic mass is 35.6. The van der Waals surface area contributed by atoms with Crippen LogP contribution in [-0.4, -0.2) is 84.1 Å². The first-order chi connectivity index (χ1) is 18.7. The topological polar surface area (TPSA) is 171 Å². The number of nitrogens with zero attached hydrogens (tertiary/aromatic N) is 2. The average molecular weight is 641 g/mol. The minimum Gasteiger partial charge on any atom is -0.481 e. The molecular formula is C23H24Cl3N3O10S. The Morgan fingerprint density at radius 1 is 1.20 bits per heavy atom. The lowest BCUT2D eigenvalue weighted by Gasteiger charge is -2.51. The maximum absolute atomic E-state index is 13.7. The van der Waals surface area contributed by atoms with E-state index < -0.39 is 91.5 Å². The zero-order valence-corrected chi connectivity index (χ0v) is 24.1. The van der Waals surface area contributed by atoms with E-state index in [0.29, 0.717) is 5.75 Å². The molecule has 0 radical (unpaired) electrons. The van der Waals surface area contributed by atoms with Crippen molar-refractivity contribution in [2.45, 2.75) is 46.8 Å². The molecule has 17 heteroatoms. The summed E-state index contributed by atoms with van der Waals surface area (Å²) >= 11 is 17.0. The molecule has 0 spiro atoms. The quantitative estimate of drug-likeness (QED) is 0.123. The second-order valence-corrected chi connectivity index (χ2v) is 12.9. The molecule has 218 valence electrons. The first-order valence-corrected chi connectivity index (χ1v) is 14.1. The van der Waals surface area contributed by atoms with Gasteiger partial charge in [0.15, 0.2) is 6.10 Å². The number of hydrogen-bond donors (Lipinski definition) is 1. The van der Waals surface area contributed by atoms with Crippen molar-refractivity contribution in [1.82, 2.24) is 10.2 Å². The minimum absolute atomic E-state index is 0.139. The van der Waals surface area contributed by atoms with Crippen LogP contribution in [0.1, 0.15) is 20.3 Å². The molecule has 2 heterocycles. The summed E-state index contributed by atoms with van der Waals surface area (Å²) in [5.74, 6) is -3.09. The molecule has 0 saturated carbocycles. The number of hydrogen-bond acceptors (Lipinski definition) is 10. The zero-order chi connectivity index (χ0) is 29.8. The number of benzene rings is 1. The van der Waals surface area contributed by atoms with Crippen LogP contribution >= 0.6 is 34.8 Å². The maximum atomic E-state index is 13.7. The molecule has 0 bridgehead atoms. The molecule has 4 unspecified atom stereocenters. The summed E-state index contributed by atoms with van der Waals surface area (Å²) in [6, 6.07) is 7.05. The van der Waals surface area contributed by atoms with Gasteiger partial charge in [-0.05, 0) is 19.1 Å². The summed E-state index contributed by atoms with van der Waals surface area (Å²) in [4.78, 5) is 62.1. The number of rotatable bonds is 11. The lowest BCUT2D eigenvalue weighted by molar-refractivity contribution is -0.480. The molecule has 13 nitrogen and oxygen atoms in total. The first-order valence-electron chi connectivity index (χ1n) is 11.7. The number of alkyl halides is 3. The molecule has 40 heavy (non-hydrogen) atoms. The summed E-state index contributed by atoms with van der Waals surface area (Å²) in [5.41, 5.74) is -0.600. The van der Waals surface area contributed by atoms with Gasteiger partial charge >= 0.3 is 11.9 Å². The Bertz CT molecular complexity index is 1240. The lowest BCUT2D eigenvalue weighted by Crippen LogP contribution is -2.75. The number of β-lactam (4-membered cyclic amide) rings is 1. The first kappa shape index (κ1) is 31.6. The smallest absolute Gasteiger partial charge is 0.355 e. The number of fused-ring (bicyclic) bond motifs is 1. The third kappa shape index (κ3) is 7.62. The summed E-state index contributed by atoms with van der Waals surface area (Å²) in [7, 11) is -2.09. The Morgan fingerprint density at radius 2 is 1.85 bits per heavy atom. The van der Waals surface area contributed by atoms with Crippen molar-refractivity contribution in [2.24, 2.45) is 0 Å². The highest BCUT2D eigenvalue weighted by molar-refractivity contribution is 7.86. The van der Waals surface area contributed by atoms with Crippen molar-refractivity contribution in [3.05, 3.63) is 51.7 Å². The van der Waals surface area contributed by atoms with Gasteiger partial charge in [0.1, 0.15) is 36.1 Å². The normalized spacial score (nSPS) is 22.9. The van der Waals surface area contributed by atoms with Crippen molar-refractivity contribution < 1.29 is 42.5 Å². The van der Waals surface area contributed by atoms with Crippen LogP contribution in [0.25, 0.3) is 0 Å². The van der Waals surface area contributed by atoms with Crippen LogP contribution in [-0.2, 0) is 39.5 Å². The van der Waals surface area contributed by atoms with Crippen molar-refractivity contribution in [2.75, 3.05) is 19.8 Å². The monoisotopic (exact) mass is 639 g/mol. The van der Waals surface area contributed by atoms with Gasteiger partial charge in [-0.25, -0.2) is 4.79 Å². The fourth-order valence-corrected chi connectivity index (χ4v) is 6.18. The maximum Gasteiger partial charge on any atom is 0.355 e. The molecule has 0 aliphatic carbocycles. The van der Waals surface area contributed by atoms with Crippen LogP contribution in [0.4, 0.5) is 0 Å². The summed E-state index contributed by atoms with van der Waals surface area (Å²) < 4.78 is 27.3. The third-order valence-corrected chi connectivity index (χ3v) is 8.15. The van der Waals surface area contributed by atoms with E-state index in [0.717, 1.165) is 11.8 Å². The number of halogens is 3. The van der Waals surface area contributed by atoms with E-state index in [1.165, 1.54) is 6.92 Å². The number of nitro groups is 1. The van der Waals surface area contributed by atoms with Crippen LogP contribution in [0.3, 0.4) is 0 Å². The number of para-hydroxylation sites is 1. The van der Waals surface area contributed by atoms with E-state index >= 15 is 0 Å². The van der Waals surface area contributed by atoms with Gasteiger partial charge in [0.25, 0.3) is 11.8 Å². The van der Waals surface area contributed by atoms with Crippen LogP contribution < -0.4 is 10.1 Å². The van der Waals surface area contributed by atoms with Crippen molar-refractivity contribution in [1.29, 1.82) is 0 Å². The number of esters is 2. The van der Waals surface area contributed by atoms with E-state index in [-0.39, 0.29) is 12.0 Å². The summed E-state index contributed by atoms with van der Waals surface area (Å²) in [6.07, 6.45) is -1.40. The molecule has 0 aromatic heterocycles. The highest BCUT2D eigenvalue weighted by Crippen LogP contribution is 2.40. The van der Waals surface area contributed by atoms with Gasteiger partial charge in [0, 0.05) is 23.8 Å². The van der Waals surface area contributed by atoms with E-state index in [9.17, 15) is 33.5 Å². The largest absolute Gasteiger partial charge is 0.481 e. The molecule has 2 amide bonds. The highest BCUT2D eigenvalue weighted by Gasteiger charge is 2.60. The molecule has 1 fully saturated rings. The molecule has 5 atom stereocenters. The second kappa shape index (κ2) is 13.1. The van der Waals surface area contributed by atoms with Gasteiger partial charge in [-0.15, -0.1) is 0 Å². The molecule has 2 aliphatic rings. The Hall–Kier alpha value is -2.94. The second-order valence-electron chi connectivity index (χ2n) is 8.67. The van der Waals surface area contributed by atoms with Crippen LogP contribution in [0.5, 0.6) is 5.75 Å². The van der Waals surface area contributed by atoms with Crippen LogP contribution in [0, 0.1) is 10.1 Å². The third-order valence-electron chi connectivity index (χ3n) is 5.78.